The molecule has 0 bridgehead atoms. The molecule has 3 rings (SSSR count). The zero-order valence-corrected chi connectivity index (χ0v) is 17.2. The quantitative estimate of drug-likeness (QED) is 0.507. The molecule has 0 amide bonds. The van der Waals surface area contributed by atoms with Crippen molar-refractivity contribution >= 4 is 38.3 Å². The van der Waals surface area contributed by atoms with Gasteiger partial charge < -0.3 is 20.4 Å². The van der Waals surface area contributed by atoms with E-state index in [4.69, 9.17) is 4.74 Å². The molecule has 0 saturated carbocycles. The number of halogens is 3. The number of nitrogens with one attached hydrogen (secondary N) is 3. The van der Waals surface area contributed by atoms with Crippen LogP contribution in [0.5, 0.6) is 5.75 Å². The molecule has 0 atom stereocenters. The summed E-state index contributed by atoms with van der Waals surface area (Å²) in [5.74, 6) is 0.263. The average Bonchev–Trinajstić information content (AvgIpc) is 3.10. The van der Waals surface area contributed by atoms with E-state index in [1.165, 1.54) is 25.3 Å². The highest BCUT2D eigenvalue weighted by molar-refractivity contribution is 7.90. The highest BCUT2D eigenvalue weighted by atomic mass is 32.2. The molecule has 0 unspecified atom stereocenters. The van der Waals surface area contributed by atoms with E-state index in [-0.39, 0.29) is 33.4 Å². The number of methoxy groups -OCH3 is 1. The molecule has 3 N–H and O–H groups in total. The van der Waals surface area contributed by atoms with Crippen molar-refractivity contribution in [2.45, 2.75) is 24.4 Å². The zero-order valence-electron chi connectivity index (χ0n) is 16.4. The van der Waals surface area contributed by atoms with E-state index < -0.39 is 21.6 Å². The fraction of sp³-hybridized carbons (Fsp3) is 0.333. The maximum Gasteiger partial charge on any atom is 0.418 e. The third-order valence-electron chi connectivity index (χ3n) is 4.23. The van der Waals surface area contributed by atoms with Crippen LogP contribution in [0.4, 0.5) is 30.6 Å². The monoisotopic (exact) mass is 443 g/mol. The number of benzene rings is 1. The Morgan fingerprint density at radius 2 is 1.97 bits per heavy atom. The van der Waals surface area contributed by atoms with Crippen molar-refractivity contribution in [2.75, 3.05) is 30.5 Å². The van der Waals surface area contributed by atoms with Crippen molar-refractivity contribution in [2.24, 2.45) is 0 Å². The Balaban J connectivity index is 2.07. The molecule has 0 fully saturated rings. The minimum atomic E-state index is -4.57. The second-order valence-electron chi connectivity index (χ2n) is 6.51. The molecule has 0 saturated heterocycles. The molecule has 1 aromatic carbocycles. The van der Waals surface area contributed by atoms with E-state index in [0.29, 0.717) is 18.7 Å². The minimum absolute atomic E-state index is 0.00477. The molecule has 0 aliphatic heterocycles. The van der Waals surface area contributed by atoms with Gasteiger partial charge in [0.05, 0.1) is 28.6 Å². The minimum Gasteiger partial charge on any atom is -0.495 e. The van der Waals surface area contributed by atoms with Crippen molar-refractivity contribution in [1.82, 2.24) is 15.0 Å². The van der Waals surface area contributed by atoms with Gasteiger partial charge in [0.1, 0.15) is 17.2 Å². The van der Waals surface area contributed by atoms with E-state index in [2.05, 4.69) is 25.6 Å². The lowest BCUT2D eigenvalue weighted by Gasteiger charge is -2.14. The molecule has 2 aromatic heterocycles. The Labute approximate surface area is 170 Å². The van der Waals surface area contributed by atoms with Crippen molar-refractivity contribution in [3.05, 3.63) is 30.0 Å². The van der Waals surface area contributed by atoms with Crippen LogP contribution in [0, 0.1) is 0 Å². The summed E-state index contributed by atoms with van der Waals surface area (Å²) in [6.45, 7) is 2.29. The van der Waals surface area contributed by atoms with Crippen LogP contribution >= 0.6 is 0 Å². The van der Waals surface area contributed by atoms with Crippen molar-refractivity contribution in [3.63, 3.8) is 0 Å². The Kier molecular flexibility index (Phi) is 5.79. The standard InChI is InChI=1S/C18H20F3N5O3S/c1-4-7-22-15-14-11(18(19,20)21)9-23-16(14)26-17(25-15)24-12-6-5-10(30(3,27)28)8-13(12)29-2/h5-6,8-9H,4,7H2,1-3H3,(H3,22,23,24,25,26). The number of anilines is 3. The first-order chi connectivity index (χ1) is 14.0. The molecule has 8 nitrogen and oxygen atoms in total. The summed E-state index contributed by atoms with van der Waals surface area (Å²) < 4.78 is 68.8. The smallest absolute Gasteiger partial charge is 0.418 e. The summed E-state index contributed by atoms with van der Waals surface area (Å²) in [5.41, 5.74) is -0.504. The number of rotatable bonds is 7. The first-order valence-electron chi connectivity index (χ1n) is 8.90. The van der Waals surface area contributed by atoms with E-state index in [1.54, 1.807) is 0 Å². The number of fused-ring (bicyclic) bond motifs is 1. The predicted molar refractivity (Wildman–Crippen MR) is 107 cm³/mol. The lowest BCUT2D eigenvalue weighted by molar-refractivity contribution is -0.136. The second kappa shape index (κ2) is 8.01. The Morgan fingerprint density at radius 3 is 2.57 bits per heavy atom. The Hall–Kier alpha value is -3.02. The molecule has 0 aliphatic rings. The van der Waals surface area contributed by atoms with Gasteiger partial charge in [0.25, 0.3) is 0 Å². The summed E-state index contributed by atoms with van der Waals surface area (Å²) in [4.78, 5) is 10.9. The van der Waals surface area contributed by atoms with Crippen LogP contribution in [0.15, 0.2) is 29.3 Å². The molecular formula is C18H20F3N5O3S. The highest BCUT2D eigenvalue weighted by Gasteiger charge is 2.35. The molecule has 12 heteroatoms. The molecule has 30 heavy (non-hydrogen) atoms. The fourth-order valence-corrected chi connectivity index (χ4v) is 3.45. The number of hydrogen-bond acceptors (Lipinski definition) is 7. The SMILES string of the molecule is CCCNc1nc(Nc2ccc(S(C)(=O)=O)cc2OC)nc2[nH]cc(C(F)(F)F)c12. The average molecular weight is 443 g/mol. The molecule has 0 aliphatic carbocycles. The van der Waals surface area contributed by atoms with Crippen LogP contribution in [0.2, 0.25) is 0 Å². The highest BCUT2D eigenvalue weighted by Crippen LogP contribution is 2.38. The van der Waals surface area contributed by atoms with Crippen molar-refractivity contribution < 1.29 is 26.3 Å². The van der Waals surface area contributed by atoms with Gasteiger partial charge in [0, 0.05) is 25.1 Å². The number of ether oxygens (including phenoxy) is 1. The van der Waals surface area contributed by atoms with Crippen LogP contribution < -0.4 is 15.4 Å². The Bertz CT molecular complexity index is 1180. The third-order valence-corrected chi connectivity index (χ3v) is 5.34. The van der Waals surface area contributed by atoms with Gasteiger partial charge in [0.2, 0.25) is 5.95 Å². The maximum absolute atomic E-state index is 13.3. The van der Waals surface area contributed by atoms with Crippen molar-refractivity contribution in [1.29, 1.82) is 0 Å². The van der Waals surface area contributed by atoms with Crippen LogP contribution in [-0.2, 0) is 16.0 Å². The Morgan fingerprint density at radius 1 is 1.23 bits per heavy atom. The lowest BCUT2D eigenvalue weighted by Crippen LogP contribution is -2.09. The normalized spacial score (nSPS) is 12.2. The van der Waals surface area contributed by atoms with Gasteiger partial charge in [-0.2, -0.15) is 23.1 Å². The van der Waals surface area contributed by atoms with Crippen LogP contribution in [0.3, 0.4) is 0 Å². The van der Waals surface area contributed by atoms with Crippen LogP contribution in [0.1, 0.15) is 18.9 Å². The van der Waals surface area contributed by atoms with Gasteiger partial charge in [-0.1, -0.05) is 6.92 Å². The third kappa shape index (κ3) is 4.42. The number of H-pyrrole nitrogens is 1. The van der Waals surface area contributed by atoms with E-state index in [9.17, 15) is 21.6 Å². The van der Waals surface area contributed by atoms with Gasteiger partial charge in [-0.15, -0.1) is 0 Å². The predicted octanol–water partition coefficient (Wildman–Crippen LogP) is 3.95. The number of aromatic nitrogens is 3. The molecule has 0 spiro atoms. The first kappa shape index (κ1) is 21.7. The fourth-order valence-electron chi connectivity index (χ4n) is 2.81. The summed E-state index contributed by atoms with van der Waals surface area (Å²) >= 11 is 0. The summed E-state index contributed by atoms with van der Waals surface area (Å²) in [5, 5.41) is 5.62. The van der Waals surface area contributed by atoms with Gasteiger partial charge >= 0.3 is 6.18 Å². The molecular weight excluding hydrogens is 423 g/mol. The second-order valence-corrected chi connectivity index (χ2v) is 8.52. The number of nitrogens with zero attached hydrogens (tertiary/aromatic N) is 2. The number of alkyl halides is 3. The molecule has 0 radical (unpaired) electrons. The number of sulfone groups is 1. The van der Waals surface area contributed by atoms with Gasteiger partial charge in [0.15, 0.2) is 9.84 Å². The van der Waals surface area contributed by atoms with Gasteiger partial charge in [-0.05, 0) is 18.6 Å². The number of aromatic amines is 1. The van der Waals surface area contributed by atoms with E-state index >= 15 is 0 Å². The van der Waals surface area contributed by atoms with E-state index in [0.717, 1.165) is 12.5 Å². The van der Waals surface area contributed by atoms with Crippen molar-refractivity contribution in [3.8, 4) is 5.75 Å². The maximum atomic E-state index is 13.3. The largest absolute Gasteiger partial charge is 0.495 e. The summed E-state index contributed by atoms with van der Waals surface area (Å²) in [6, 6.07) is 4.19. The lowest BCUT2D eigenvalue weighted by atomic mass is 10.2. The van der Waals surface area contributed by atoms with Crippen LogP contribution in [0.25, 0.3) is 11.0 Å². The zero-order chi connectivity index (χ0) is 22.1. The van der Waals surface area contributed by atoms with Crippen LogP contribution in [-0.4, -0.2) is 43.3 Å². The van der Waals surface area contributed by atoms with Gasteiger partial charge in [-0.25, -0.2) is 8.42 Å². The summed E-state index contributed by atoms with van der Waals surface area (Å²) in [6.07, 6.45) is -1.96. The molecule has 2 heterocycles. The summed E-state index contributed by atoms with van der Waals surface area (Å²) in [7, 11) is -2.08. The first-order valence-corrected chi connectivity index (χ1v) is 10.8. The topological polar surface area (TPSA) is 109 Å². The van der Waals surface area contributed by atoms with E-state index in [1.807, 2.05) is 6.92 Å². The number of hydrogen-bond donors (Lipinski definition) is 3. The molecule has 162 valence electrons. The molecule has 3 aromatic rings. The van der Waals surface area contributed by atoms with Gasteiger partial charge in [-0.3, -0.25) is 0 Å².